The number of alkyl halides is 2. The number of fused-ring (bicyclic) bond motifs is 2. The van der Waals surface area contributed by atoms with Crippen molar-refractivity contribution in [2.24, 2.45) is 0 Å². The fraction of sp³-hybridized carbons (Fsp3) is 0.385. The number of rotatable bonds is 1. The molecule has 1 fully saturated rings. The molecule has 23 heavy (non-hydrogen) atoms. The summed E-state index contributed by atoms with van der Waals surface area (Å²) in [6.45, 7) is 2.73. The van der Waals surface area contributed by atoms with Crippen LogP contribution >= 0.6 is 0 Å². The Morgan fingerprint density at radius 1 is 1.22 bits per heavy atom. The Hall–Kier alpha value is -2.49. The minimum absolute atomic E-state index is 0.0101. The first-order valence-corrected chi connectivity index (χ1v) is 6.96. The molecule has 0 unspecified atom stereocenters. The highest BCUT2D eigenvalue weighted by Crippen LogP contribution is 2.46. The number of piperazine rings is 1. The van der Waals surface area contributed by atoms with Gasteiger partial charge in [0.1, 0.15) is 11.3 Å². The van der Waals surface area contributed by atoms with Crippen LogP contribution in [0.15, 0.2) is 6.07 Å². The lowest BCUT2D eigenvalue weighted by Crippen LogP contribution is -2.44. The highest BCUT2D eigenvalue weighted by Gasteiger charge is 2.46. The summed E-state index contributed by atoms with van der Waals surface area (Å²) >= 11 is 0. The summed E-state index contributed by atoms with van der Waals surface area (Å²) in [7, 11) is 0. The number of ether oxygens (including phenoxy) is 2. The molecule has 1 aromatic carbocycles. The lowest BCUT2D eigenvalue weighted by atomic mass is 10.2. The number of nitrogen functional groups attached to an aromatic ring is 1. The van der Waals surface area contributed by atoms with Crippen molar-refractivity contribution in [3.8, 4) is 11.5 Å². The molecule has 0 bridgehead atoms. The summed E-state index contributed by atoms with van der Waals surface area (Å²) in [5, 5.41) is 3.27. The zero-order chi connectivity index (χ0) is 16.2. The van der Waals surface area contributed by atoms with Crippen LogP contribution in [0, 0.1) is 5.82 Å². The topological polar surface area (TPSA) is 85.5 Å². The summed E-state index contributed by atoms with van der Waals surface area (Å²) in [5.74, 6) is -1.90. The molecule has 0 amide bonds. The number of anilines is 2. The average Bonchev–Trinajstić information content (AvgIpc) is 2.84. The number of nitrogens with one attached hydrogen (secondary N) is 1. The van der Waals surface area contributed by atoms with E-state index in [1.165, 1.54) is 0 Å². The largest absolute Gasteiger partial charge is 0.586 e. The van der Waals surface area contributed by atoms with Crippen molar-refractivity contribution in [1.82, 2.24) is 15.3 Å². The van der Waals surface area contributed by atoms with E-state index in [-0.39, 0.29) is 22.7 Å². The molecule has 3 N–H and O–H groups in total. The molecule has 2 aliphatic heterocycles. The van der Waals surface area contributed by atoms with E-state index < -0.39 is 23.6 Å². The van der Waals surface area contributed by atoms with Gasteiger partial charge in [-0.05, 0) is 6.07 Å². The highest BCUT2D eigenvalue weighted by molar-refractivity contribution is 5.92. The van der Waals surface area contributed by atoms with Crippen molar-refractivity contribution in [3.63, 3.8) is 0 Å². The normalized spacial score (nSPS) is 19.3. The average molecular weight is 327 g/mol. The van der Waals surface area contributed by atoms with Crippen LogP contribution in [0.25, 0.3) is 10.9 Å². The van der Waals surface area contributed by atoms with Gasteiger partial charge in [-0.25, -0.2) is 9.37 Å². The summed E-state index contributed by atoms with van der Waals surface area (Å²) in [5.41, 5.74) is 5.68. The minimum Gasteiger partial charge on any atom is -0.395 e. The van der Waals surface area contributed by atoms with Crippen LogP contribution < -0.4 is 25.4 Å². The van der Waals surface area contributed by atoms with Gasteiger partial charge in [-0.1, -0.05) is 0 Å². The van der Waals surface area contributed by atoms with E-state index in [9.17, 15) is 13.2 Å². The second kappa shape index (κ2) is 4.75. The van der Waals surface area contributed by atoms with Gasteiger partial charge in [0.2, 0.25) is 11.7 Å². The summed E-state index contributed by atoms with van der Waals surface area (Å²) in [6, 6.07) is 1.16. The van der Waals surface area contributed by atoms with Gasteiger partial charge in [0, 0.05) is 31.6 Å². The number of benzene rings is 1. The van der Waals surface area contributed by atoms with Crippen molar-refractivity contribution in [3.05, 3.63) is 11.9 Å². The van der Waals surface area contributed by atoms with Crippen LogP contribution in [0.5, 0.6) is 11.5 Å². The van der Waals surface area contributed by atoms with Crippen LogP contribution in [0.2, 0.25) is 0 Å². The van der Waals surface area contributed by atoms with Crippen LogP contribution in [0.3, 0.4) is 0 Å². The maximum Gasteiger partial charge on any atom is 0.586 e. The second-order valence-electron chi connectivity index (χ2n) is 5.23. The Bertz CT molecular complexity index is 795. The van der Waals surface area contributed by atoms with E-state index in [1.807, 2.05) is 4.90 Å². The first-order chi connectivity index (χ1) is 10.9. The number of hydrogen-bond donors (Lipinski definition) is 2. The molecular weight excluding hydrogens is 315 g/mol. The molecule has 2 aliphatic rings. The predicted octanol–water partition coefficient (Wildman–Crippen LogP) is 1.08. The molecule has 0 aliphatic carbocycles. The number of nitrogens with zero attached hydrogens (tertiary/aromatic N) is 3. The van der Waals surface area contributed by atoms with Crippen LogP contribution in [0.4, 0.5) is 24.9 Å². The lowest BCUT2D eigenvalue weighted by Gasteiger charge is -2.27. The molecule has 0 radical (unpaired) electrons. The maximum atomic E-state index is 14.5. The third-order valence-electron chi connectivity index (χ3n) is 3.72. The highest BCUT2D eigenvalue weighted by atomic mass is 19.3. The molecule has 1 saturated heterocycles. The third kappa shape index (κ3) is 2.25. The van der Waals surface area contributed by atoms with Gasteiger partial charge in [-0.15, -0.1) is 8.78 Å². The summed E-state index contributed by atoms with van der Waals surface area (Å²) in [4.78, 5) is 10.1. The Morgan fingerprint density at radius 2 is 1.96 bits per heavy atom. The molecule has 10 heteroatoms. The van der Waals surface area contributed by atoms with E-state index in [0.29, 0.717) is 13.1 Å². The van der Waals surface area contributed by atoms with Crippen molar-refractivity contribution in [1.29, 1.82) is 0 Å². The van der Waals surface area contributed by atoms with E-state index in [1.54, 1.807) is 0 Å². The Kier molecular flexibility index (Phi) is 2.92. The van der Waals surface area contributed by atoms with Gasteiger partial charge >= 0.3 is 6.29 Å². The molecule has 4 rings (SSSR count). The number of nitrogens with two attached hydrogens (primary N) is 1. The van der Waals surface area contributed by atoms with Crippen LogP contribution in [0.1, 0.15) is 0 Å². The van der Waals surface area contributed by atoms with Crippen molar-refractivity contribution >= 4 is 22.7 Å². The Morgan fingerprint density at radius 3 is 2.70 bits per heavy atom. The fourth-order valence-corrected chi connectivity index (χ4v) is 2.64. The van der Waals surface area contributed by atoms with Gasteiger partial charge in [0.25, 0.3) is 0 Å². The predicted molar refractivity (Wildman–Crippen MR) is 75.2 cm³/mol. The fourth-order valence-electron chi connectivity index (χ4n) is 2.64. The second-order valence-corrected chi connectivity index (χ2v) is 5.23. The third-order valence-corrected chi connectivity index (χ3v) is 3.72. The lowest BCUT2D eigenvalue weighted by molar-refractivity contribution is -0.287. The van der Waals surface area contributed by atoms with Crippen molar-refractivity contribution in [2.75, 3.05) is 36.8 Å². The summed E-state index contributed by atoms with van der Waals surface area (Å²) < 4.78 is 49.3. The maximum absolute atomic E-state index is 14.5. The summed E-state index contributed by atoms with van der Waals surface area (Å²) in [6.07, 6.45) is -3.91. The van der Waals surface area contributed by atoms with E-state index >= 15 is 0 Å². The first kappa shape index (κ1) is 14.1. The van der Waals surface area contributed by atoms with E-state index in [0.717, 1.165) is 19.2 Å². The molecule has 2 aromatic rings. The zero-order valence-corrected chi connectivity index (χ0v) is 11.8. The molecule has 0 saturated carbocycles. The molecule has 122 valence electrons. The smallest absolute Gasteiger partial charge is 0.395 e. The molecule has 0 spiro atoms. The van der Waals surface area contributed by atoms with Gasteiger partial charge in [0.15, 0.2) is 11.6 Å². The van der Waals surface area contributed by atoms with Gasteiger partial charge in [0.05, 0.1) is 0 Å². The zero-order valence-electron chi connectivity index (χ0n) is 11.8. The quantitative estimate of drug-likeness (QED) is 0.811. The van der Waals surface area contributed by atoms with Gasteiger partial charge < -0.3 is 25.4 Å². The number of aromatic nitrogens is 2. The standard InChI is InChI=1S/C13H12F3N5O2/c14-8-9-6(5-7-10(8)23-13(15,16)22-7)11(17)20-12(19-9)21-3-1-18-2-4-21/h5,18H,1-4H2,(H2,17,19,20). The molecule has 3 heterocycles. The Balaban J connectivity index is 1.86. The van der Waals surface area contributed by atoms with Gasteiger partial charge in [-0.3, -0.25) is 0 Å². The van der Waals surface area contributed by atoms with Crippen molar-refractivity contribution in [2.45, 2.75) is 6.29 Å². The van der Waals surface area contributed by atoms with E-state index in [2.05, 4.69) is 24.8 Å². The molecule has 0 atom stereocenters. The van der Waals surface area contributed by atoms with Crippen LogP contribution in [-0.2, 0) is 0 Å². The number of halogens is 3. The van der Waals surface area contributed by atoms with E-state index in [4.69, 9.17) is 5.73 Å². The first-order valence-electron chi connectivity index (χ1n) is 6.96. The van der Waals surface area contributed by atoms with Gasteiger partial charge in [-0.2, -0.15) is 4.98 Å². The Labute approximate surface area is 128 Å². The minimum atomic E-state index is -3.91. The van der Waals surface area contributed by atoms with Crippen LogP contribution in [-0.4, -0.2) is 42.4 Å². The SMILES string of the molecule is Nc1nc(N2CCNCC2)nc2c(F)c3c(cc12)OC(F)(F)O3. The van der Waals surface area contributed by atoms with Crippen molar-refractivity contribution < 1.29 is 22.6 Å². The molecule has 7 nitrogen and oxygen atoms in total. The monoisotopic (exact) mass is 327 g/mol. The molecule has 1 aromatic heterocycles. The molecular formula is C13H12F3N5O2. The number of hydrogen-bond acceptors (Lipinski definition) is 7.